The van der Waals surface area contributed by atoms with Crippen molar-refractivity contribution in [2.45, 2.75) is 36.8 Å². The quantitative estimate of drug-likeness (QED) is 0.365. The third-order valence-corrected chi connectivity index (χ3v) is 3.77. The highest BCUT2D eigenvalue weighted by Gasteiger charge is 2.56. The van der Waals surface area contributed by atoms with Crippen molar-refractivity contribution in [3.05, 3.63) is 30.3 Å². The van der Waals surface area contributed by atoms with Gasteiger partial charge < -0.3 is 30.9 Å². The van der Waals surface area contributed by atoms with Gasteiger partial charge in [-0.3, -0.25) is 19.2 Å². The Morgan fingerprint density at radius 1 is 0.769 bits per heavy atom. The number of carboxylic acid groups (broad SMARTS) is 4. The maximum absolute atomic E-state index is 11.4. The van der Waals surface area contributed by atoms with E-state index in [2.05, 4.69) is 0 Å². The largest absolute Gasteiger partial charge is 0.484 e. The van der Waals surface area contributed by atoms with E-state index in [4.69, 9.17) is 20.7 Å². The first-order valence-corrected chi connectivity index (χ1v) is 7.40. The van der Waals surface area contributed by atoms with Gasteiger partial charge in [0.05, 0.1) is 31.2 Å². The van der Waals surface area contributed by atoms with E-state index in [1.54, 1.807) is 6.07 Å². The molecule has 0 atom stereocenters. The molecule has 142 valence electrons. The topological polar surface area (TPSA) is 184 Å². The zero-order chi connectivity index (χ0) is 20.0. The number of rotatable bonds is 11. The summed E-state index contributed by atoms with van der Waals surface area (Å²) in [5.41, 5.74) is 1.39. The molecule has 26 heavy (non-hydrogen) atoms. The monoisotopic (exact) mass is 369 g/mol. The van der Waals surface area contributed by atoms with Crippen molar-refractivity contribution in [1.82, 2.24) is 0 Å². The molecule has 0 aliphatic heterocycles. The number of hydrogen-bond acceptors (Lipinski definition) is 6. The molecule has 0 heterocycles. The van der Waals surface area contributed by atoms with Crippen molar-refractivity contribution in [3.8, 4) is 5.75 Å². The first-order valence-electron chi connectivity index (χ1n) is 7.40. The highest BCUT2D eigenvalue weighted by Crippen LogP contribution is 2.38. The van der Waals surface area contributed by atoms with Crippen LogP contribution in [0.1, 0.15) is 25.7 Å². The lowest BCUT2D eigenvalue weighted by molar-refractivity contribution is -0.160. The summed E-state index contributed by atoms with van der Waals surface area (Å²) in [5.74, 6) is -6.06. The van der Waals surface area contributed by atoms with Gasteiger partial charge in [-0.1, -0.05) is 18.2 Å². The maximum Gasteiger partial charge on any atom is 0.307 e. The summed E-state index contributed by atoms with van der Waals surface area (Å²) in [6.45, 7) is 0. The van der Waals surface area contributed by atoms with E-state index < -0.39 is 60.7 Å². The average molecular weight is 369 g/mol. The van der Waals surface area contributed by atoms with E-state index in [0.29, 0.717) is 0 Å². The number of benzene rings is 1. The molecular formula is C16H19NO9. The summed E-state index contributed by atoms with van der Waals surface area (Å²) < 4.78 is 5.58. The number of ether oxygens (including phenoxy) is 1. The molecule has 0 aliphatic rings. The molecule has 1 aromatic carbocycles. The Labute approximate surface area is 147 Å². The SMILES string of the molecule is NC(CC(=O)O)(CC(=O)O)C(CC(=O)O)(CC(=O)O)Oc1ccccc1. The van der Waals surface area contributed by atoms with Gasteiger partial charge in [0.2, 0.25) is 0 Å². The van der Waals surface area contributed by atoms with E-state index in [1.165, 1.54) is 24.3 Å². The molecule has 0 amide bonds. The van der Waals surface area contributed by atoms with E-state index >= 15 is 0 Å². The van der Waals surface area contributed by atoms with Crippen molar-refractivity contribution in [2.24, 2.45) is 5.73 Å². The molecule has 6 N–H and O–H groups in total. The molecule has 0 fully saturated rings. The first kappa shape index (κ1) is 20.9. The number of carbonyl (C=O) groups is 4. The number of hydrogen-bond donors (Lipinski definition) is 5. The fraction of sp³-hybridized carbons (Fsp3) is 0.375. The predicted molar refractivity (Wildman–Crippen MR) is 85.7 cm³/mol. The van der Waals surface area contributed by atoms with Crippen LogP contribution in [0, 0.1) is 0 Å². The van der Waals surface area contributed by atoms with Crippen molar-refractivity contribution in [1.29, 1.82) is 0 Å². The van der Waals surface area contributed by atoms with Gasteiger partial charge in [-0.2, -0.15) is 0 Å². The highest BCUT2D eigenvalue weighted by atomic mass is 16.5. The highest BCUT2D eigenvalue weighted by molar-refractivity contribution is 5.78. The van der Waals surface area contributed by atoms with Gasteiger partial charge >= 0.3 is 23.9 Å². The van der Waals surface area contributed by atoms with Crippen molar-refractivity contribution >= 4 is 23.9 Å². The van der Waals surface area contributed by atoms with Crippen LogP contribution in [0.15, 0.2) is 30.3 Å². The number of carboxylic acids is 4. The van der Waals surface area contributed by atoms with Crippen LogP contribution in [0.3, 0.4) is 0 Å². The first-order chi connectivity index (χ1) is 12.0. The van der Waals surface area contributed by atoms with Crippen LogP contribution in [0.2, 0.25) is 0 Å². The van der Waals surface area contributed by atoms with Crippen molar-refractivity contribution < 1.29 is 44.3 Å². The van der Waals surface area contributed by atoms with Crippen molar-refractivity contribution in [3.63, 3.8) is 0 Å². The summed E-state index contributed by atoms with van der Waals surface area (Å²) in [5, 5.41) is 36.8. The van der Waals surface area contributed by atoms with E-state index in [0.717, 1.165) is 0 Å². The second-order valence-electron chi connectivity index (χ2n) is 5.85. The summed E-state index contributed by atoms with van der Waals surface area (Å²) in [4.78, 5) is 45.3. The van der Waals surface area contributed by atoms with Crippen LogP contribution < -0.4 is 10.5 Å². The Hall–Kier alpha value is -3.14. The lowest BCUT2D eigenvalue weighted by Crippen LogP contribution is -2.67. The Bertz CT molecular complexity index is 654. The lowest BCUT2D eigenvalue weighted by atomic mass is 9.71. The summed E-state index contributed by atoms with van der Waals surface area (Å²) in [6.07, 6.45) is -4.03. The fourth-order valence-corrected chi connectivity index (χ4v) is 2.72. The Kier molecular flexibility index (Phi) is 6.67. The molecule has 0 unspecified atom stereocenters. The lowest BCUT2D eigenvalue weighted by Gasteiger charge is -2.45. The third-order valence-electron chi connectivity index (χ3n) is 3.77. The maximum atomic E-state index is 11.4. The zero-order valence-electron chi connectivity index (χ0n) is 13.6. The summed E-state index contributed by atoms with van der Waals surface area (Å²) in [7, 11) is 0. The minimum Gasteiger partial charge on any atom is -0.484 e. The molecule has 10 heteroatoms. The van der Waals surface area contributed by atoms with Gasteiger partial charge in [-0.05, 0) is 12.1 Å². The van der Waals surface area contributed by atoms with Crippen LogP contribution in [0.4, 0.5) is 0 Å². The van der Waals surface area contributed by atoms with Gasteiger partial charge in [0.15, 0.2) is 0 Å². The second-order valence-corrected chi connectivity index (χ2v) is 5.85. The van der Waals surface area contributed by atoms with Crippen LogP contribution in [0.25, 0.3) is 0 Å². The smallest absolute Gasteiger partial charge is 0.307 e. The van der Waals surface area contributed by atoms with Gasteiger partial charge in [0.25, 0.3) is 0 Å². The minimum atomic E-state index is -2.32. The Morgan fingerprint density at radius 2 is 1.15 bits per heavy atom. The molecule has 10 nitrogen and oxygen atoms in total. The summed E-state index contributed by atoms with van der Waals surface area (Å²) >= 11 is 0. The number of nitrogens with two attached hydrogens (primary N) is 1. The molecule has 1 aromatic rings. The molecule has 1 rings (SSSR count). The summed E-state index contributed by atoms with van der Waals surface area (Å²) in [6, 6.07) is 7.44. The molecular weight excluding hydrogens is 350 g/mol. The average Bonchev–Trinajstić information content (AvgIpc) is 2.44. The molecule has 0 aromatic heterocycles. The van der Waals surface area contributed by atoms with Gasteiger partial charge in [0.1, 0.15) is 11.4 Å². The van der Waals surface area contributed by atoms with E-state index in [-0.39, 0.29) is 5.75 Å². The van der Waals surface area contributed by atoms with Crippen LogP contribution >= 0.6 is 0 Å². The Morgan fingerprint density at radius 3 is 1.50 bits per heavy atom. The molecule has 0 bridgehead atoms. The standard InChI is InChI=1S/C16H19NO9/c17-15(6-11(18)19,7-12(20)21)16(8-13(22)23,9-14(24)25)26-10-4-2-1-3-5-10/h1-5H,6-9,17H2,(H,18,19)(H,20,21)(H,22,23)(H,24,25). The molecule has 0 aliphatic carbocycles. The zero-order valence-corrected chi connectivity index (χ0v) is 13.6. The van der Waals surface area contributed by atoms with Crippen molar-refractivity contribution in [2.75, 3.05) is 0 Å². The van der Waals surface area contributed by atoms with E-state index in [9.17, 15) is 29.4 Å². The number of para-hydroxylation sites is 1. The molecule has 0 saturated carbocycles. The molecule has 0 spiro atoms. The van der Waals surface area contributed by atoms with Crippen LogP contribution in [-0.2, 0) is 19.2 Å². The van der Waals surface area contributed by atoms with Crippen LogP contribution in [-0.4, -0.2) is 55.4 Å². The number of aliphatic carboxylic acids is 4. The van der Waals surface area contributed by atoms with Gasteiger partial charge in [0, 0.05) is 0 Å². The second kappa shape index (κ2) is 8.30. The normalized spacial score (nSPS) is 11.6. The predicted octanol–water partition coefficient (Wildman–Crippen LogP) is 0.401. The Balaban J connectivity index is 3.57. The van der Waals surface area contributed by atoms with Crippen LogP contribution in [0.5, 0.6) is 5.75 Å². The molecule has 0 radical (unpaired) electrons. The fourth-order valence-electron chi connectivity index (χ4n) is 2.72. The van der Waals surface area contributed by atoms with E-state index in [1.807, 2.05) is 0 Å². The molecule has 0 saturated heterocycles. The third kappa shape index (κ3) is 5.45. The van der Waals surface area contributed by atoms with Gasteiger partial charge in [-0.25, -0.2) is 0 Å². The van der Waals surface area contributed by atoms with Gasteiger partial charge in [-0.15, -0.1) is 0 Å². The minimum absolute atomic E-state index is 0.0283.